The number of benzene rings is 1. The maximum absolute atomic E-state index is 14.0. The molecule has 6 nitrogen and oxygen atoms in total. The molecule has 1 aliphatic heterocycles. The summed E-state index contributed by atoms with van der Waals surface area (Å²) in [6, 6.07) is 3.88. The molecule has 1 aromatic carbocycles. The van der Waals surface area contributed by atoms with Gasteiger partial charge in [0, 0.05) is 50.3 Å². The first kappa shape index (κ1) is 16.0. The molecule has 21 heavy (non-hydrogen) atoms. The van der Waals surface area contributed by atoms with Crippen LogP contribution in [0.25, 0.3) is 0 Å². The minimum absolute atomic E-state index is 0.0441. The number of hydrogen-bond donors (Lipinski definition) is 0. The Morgan fingerprint density at radius 2 is 1.76 bits per heavy atom. The van der Waals surface area contributed by atoms with Crippen LogP contribution in [0.15, 0.2) is 24.3 Å². The van der Waals surface area contributed by atoms with Crippen molar-refractivity contribution < 1.29 is 18.9 Å². The number of nitro groups is 1. The molecule has 0 spiro atoms. The first-order chi connectivity index (χ1) is 9.76. The zero-order chi connectivity index (χ0) is 15.8. The number of amides is 2. The van der Waals surface area contributed by atoms with Crippen molar-refractivity contribution in [2.24, 2.45) is 0 Å². The largest absolute Gasteiger partial charge is 0.351 e. The van der Waals surface area contributed by atoms with Gasteiger partial charge in [-0.05, 0) is 6.07 Å². The molecule has 1 aromatic rings. The Kier molecular flexibility index (Phi) is 4.43. The fourth-order valence-electron chi connectivity index (χ4n) is 2.16. The molecule has 1 atom stereocenters. The predicted octanol–water partition coefficient (Wildman–Crippen LogP) is 2.74. The highest BCUT2D eigenvalue weighted by Gasteiger charge is 2.55. The fraction of sp³-hybridized carbons (Fsp3) is 0.333. The zero-order valence-electron chi connectivity index (χ0n) is 10.5. The minimum Gasteiger partial charge on any atom is -0.274 e. The molecular weight excluding hydrogens is 415 g/mol. The van der Waals surface area contributed by atoms with Crippen LogP contribution in [0.2, 0.25) is 0 Å². The van der Waals surface area contributed by atoms with Gasteiger partial charge in [-0.3, -0.25) is 24.6 Å². The molecule has 1 saturated heterocycles. The average Bonchev–Trinajstić information content (AvgIpc) is 2.73. The highest BCUT2D eigenvalue weighted by atomic mass is 79.9. The van der Waals surface area contributed by atoms with Gasteiger partial charge in [0.05, 0.1) is 4.92 Å². The van der Waals surface area contributed by atoms with E-state index in [1.807, 2.05) is 0 Å². The second kappa shape index (κ2) is 5.80. The van der Waals surface area contributed by atoms with Crippen molar-refractivity contribution in [2.75, 3.05) is 0 Å². The van der Waals surface area contributed by atoms with Gasteiger partial charge in [0.1, 0.15) is 5.82 Å². The van der Waals surface area contributed by atoms with Gasteiger partial charge in [-0.1, -0.05) is 18.2 Å². The maximum atomic E-state index is 14.0. The molecule has 0 radical (unpaired) electrons. The second-order valence-electron chi connectivity index (χ2n) is 4.43. The summed E-state index contributed by atoms with van der Waals surface area (Å²) < 4.78 is 12.0. The van der Waals surface area contributed by atoms with Crippen LogP contribution in [0.1, 0.15) is 24.4 Å². The lowest BCUT2D eigenvalue weighted by Gasteiger charge is -2.30. The quantitative estimate of drug-likeness (QED) is 0.245. The maximum Gasteiger partial charge on any atom is 0.351 e. The van der Waals surface area contributed by atoms with E-state index in [0.717, 1.165) is 11.0 Å². The normalized spacial score (nSPS) is 17.2. The van der Waals surface area contributed by atoms with E-state index in [4.69, 9.17) is 0 Å². The topological polar surface area (TPSA) is 80.5 Å². The predicted molar refractivity (Wildman–Crippen MR) is 77.8 cm³/mol. The Morgan fingerprint density at radius 3 is 2.24 bits per heavy atom. The van der Waals surface area contributed by atoms with Crippen LogP contribution in [0, 0.1) is 15.9 Å². The lowest BCUT2D eigenvalue weighted by Crippen LogP contribution is -2.46. The molecule has 0 bridgehead atoms. The van der Waals surface area contributed by atoms with Crippen molar-refractivity contribution in [3.05, 3.63) is 45.8 Å². The lowest BCUT2D eigenvalue weighted by molar-refractivity contribution is -0.511. The summed E-state index contributed by atoms with van der Waals surface area (Å²) in [5, 5.41) is 11.3. The van der Waals surface area contributed by atoms with Crippen LogP contribution < -0.4 is 0 Å². The summed E-state index contributed by atoms with van der Waals surface area (Å²) in [6.07, 6.45) is -0.0881. The zero-order valence-corrected chi connectivity index (χ0v) is 13.6. The third-order valence-corrected chi connectivity index (χ3v) is 4.57. The summed E-state index contributed by atoms with van der Waals surface area (Å²) in [7, 11) is 0. The number of carbonyl (C=O) groups excluding carboxylic acids is 2. The number of alkyl halides is 2. The van der Waals surface area contributed by atoms with E-state index in [1.165, 1.54) is 18.2 Å². The van der Waals surface area contributed by atoms with Crippen LogP contribution in [0.4, 0.5) is 4.39 Å². The van der Waals surface area contributed by atoms with Crippen molar-refractivity contribution in [2.45, 2.75) is 22.2 Å². The molecule has 0 N–H and O–H groups in total. The SMILES string of the molecule is O=C1CCC(=O)N1C(c1ccccc1F)C(Br)(Br)[N+](=O)[O-]. The monoisotopic (exact) mass is 422 g/mol. The molecule has 0 aliphatic carbocycles. The lowest BCUT2D eigenvalue weighted by atomic mass is 10.0. The van der Waals surface area contributed by atoms with Crippen LogP contribution in [0.3, 0.4) is 0 Å². The van der Waals surface area contributed by atoms with Crippen molar-refractivity contribution in [3.63, 3.8) is 0 Å². The number of carbonyl (C=O) groups is 2. The molecule has 1 aliphatic rings. The van der Waals surface area contributed by atoms with E-state index in [0.29, 0.717) is 0 Å². The van der Waals surface area contributed by atoms with E-state index >= 15 is 0 Å². The van der Waals surface area contributed by atoms with Gasteiger partial charge in [-0.2, -0.15) is 0 Å². The van der Waals surface area contributed by atoms with Gasteiger partial charge >= 0.3 is 3.36 Å². The van der Waals surface area contributed by atoms with E-state index in [-0.39, 0.29) is 18.4 Å². The summed E-state index contributed by atoms with van der Waals surface area (Å²) in [6.45, 7) is 0. The van der Waals surface area contributed by atoms with Crippen LogP contribution in [-0.4, -0.2) is 25.0 Å². The first-order valence-electron chi connectivity index (χ1n) is 5.88. The Bertz CT molecular complexity index is 607. The van der Waals surface area contributed by atoms with E-state index in [1.54, 1.807) is 0 Å². The van der Waals surface area contributed by atoms with Gasteiger partial charge in [-0.15, -0.1) is 0 Å². The van der Waals surface area contributed by atoms with Gasteiger partial charge in [-0.25, -0.2) is 4.39 Å². The average molecular weight is 424 g/mol. The molecule has 0 saturated carbocycles. The van der Waals surface area contributed by atoms with Gasteiger partial charge in [0.2, 0.25) is 11.8 Å². The molecule has 1 unspecified atom stereocenters. The molecule has 0 aromatic heterocycles. The third-order valence-electron chi connectivity index (χ3n) is 3.12. The van der Waals surface area contributed by atoms with Crippen LogP contribution in [0.5, 0.6) is 0 Å². The molecule has 2 rings (SSSR count). The summed E-state index contributed by atoms with van der Waals surface area (Å²) in [5.41, 5.74) is -0.119. The number of imide groups is 1. The van der Waals surface area contributed by atoms with Gasteiger partial charge in [0.15, 0.2) is 6.04 Å². The van der Waals surface area contributed by atoms with Gasteiger partial charge < -0.3 is 0 Å². The summed E-state index contributed by atoms with van der Waals surface area (Å²) in [4.78, 5) is 35.0. The van der Waals surface area contributed by atoms with E-state index in [2.05, 4.69) is 31.9 Å². The smallest absolute Gasteiger partial charge is 0.274 e. The van der Waals surface area contributed by atoms with Crippen molar-refractivity contribution >= 4 is 43.7 Å². The molecule has 1 heterocycles. The van der Waals surface area contributed by atoms with Crippen LogP contribution >= 0.6 is 31.9 Å². The van der Waals surface area contributed by atoms with E-state index < -0.39 is 32.0 Å². The summed E-state index contributed by atoms with van der Waals surface area (Å²) >= 11 is 5.71. The number of hydrogen-bond acceptors (Lipinski definition) is 4. The summed E-state index contributed by atoms with van der Waals surface area (Å²) in [5.74, 6) is -1.88. The van der Waals surface area contributed by atoms with E-state index in [9.17, 15) is 24.1 Å². The molecule has 9 heteroatoms. The Hall–Kier alpha value is -1.35. The number of nitrogens with zero attached hydrogens (tertiary/aromatic N) is 2. The third kappa shape index (κ3) is 2.84. The molecule has 2 amide bonds. The van der Waals surface area contributed by atoms with Gasteiger partial charge in [0.25, 0.3) is 0 Å². The molecule has 1 fully saturated rings. The highest BCUT2D eigenvalue weighted by molar-refractivity contribution is 9.25. The molecule has 112 valence electrons. The first-order valence-corrected chi connectivity index (χ1v) is 7.47. The standard InChI is InChI=1S/C12H9Br2FN2O4/c13-12(14,17(20)21)11(7-3-1-2-4-8(7)15)16-9(18)5-6-10(16)19/h1-4,11H,5-6H2. The number of likely N-dealkylation sites (tertiary alicyclic amines) is 1. The van der Waals surface area contributed by atoms with Crippen molar-refractivity contribution in [1.82, 2.24) is 4.90 Å². The Labute approximate surface area is 135 Å². The number of halogens is 3. The van der Waals surface area contributed by atoms with Crippen molar-refractivity contribution in [1.29, 1.82) is 0 Å². The van der Waals surface area contributed by atoms with Crippen molar-refractivity contribution in [3.8, 4) is 0 Å². The minimum atomic E-state index is -2.07. The Balaban J connectivity index is 2.61. The second-order valence-corrected chi connectivity index (χ2v) is 7.91. The highest BCUT2D eigenvalue weighted by Crippen LogP contribution is 2.46. The number of rotatable bonds is 4. The van der Waals surface area contributed by atoms with Crippen LogP contribution in [-0.2, 0) is 9.59 Å². The molecular formula is C12H9Br2FN2O4. The Morgan fingerprint density at radius 1 is 1.24 bits per heavy atom. The fourth-order valence-corrected chi connectivity index (χ4v) is 3.06.